The van der Waals surface area contributed by atoms with Crippen LogP contribution in [0.1, 0.15) is 61.3 Å². The molecule has 2 rings (SSSR count). The summed E-state index contributed by atoms with van der Waals surface area (Å²) in [5, 5.41) is 15.0. The van der Waals surface area contributed by atoms with Crippen LogP contribution < -0.4 is 10.6 Å². The van der Waals surface area contributed by atoms with Crippen molar-refractivity contribution in [1.82, 2.24) is 10.6 Å². The van der Waals surface area contributed by atoms with Crippen LogP contribution in [0.4, 0.5) is 9.59 Å². The molecule has 0 aromatic rings. The summed E-state index contributed by atoms with van der Waals surface area (Å²) < 4.78 is 20.7. The first-order chi connectivity index (χ1) is 13.8. The fourth-order valence-corrected chi connectivity index (χ4v) is 2.81. The van der Waals surface area contributed by atoms with E-state index in [1.807, 2.05) is 20.8 Å². The number of aliphatic hydroxyl groups is 1. The molecule has 3 N–H and O–H groups in total. The molecule has 0 radical (unpaired) electrons. The standard InChI is InChI=1S/C11H21NO3.C10H19NO4/c1-8-5-6-14-7-9(8)12-10(13)15-11(2,3)4;1-10(2,3)15-9(13)11-7-6-14-5-4-8(7)12/h8-9H,5-7H2,1-4H3,(H,12,13);7-8,12H,4-6H2,1-3H3,(H,11,13)/t8-,9-;7-,8-/m11/s1. The normalized spacial score (nSPS) is 27.2. The van der Waals surface area contributed by atoms with Crippen LogP contribution >= 0.6 is 0 Å². The lowest BCUT2D eigenvalue weighted by Gasteiger charge is -2.30. The van der Waals surface area contributed by atoms with Crippen LogP contribution in [0, 0.1) is 5.92 Å². The first-order valence-corrected chi connectivity index (χ1v) is 10.6. The number of nitrogens with one attached hydrogen (secondary N) is 2. The molecule has 2 heterocycles. The van der Waals surface area contributed by atoms with E-state index in [1.54, 1.807) is 20.8 Å². The van der Waals surface area contributed by atoms with E-state index in [-0.39, 0.29) is 18.2 Å². The van der Waals surface area contributed by atoms with E-state index in [1.165, 1.54) is 0 Å². The predicted octanol–water partition coefficient (Wildman–Crippen LogP) is 2.60. The van der Waals surface area contributed by atoms with E-state index in [4.69, 9.17) is 18.9 Å². The lowest BCUT2D eigenvalue weighted by atomic mass is 9.97. The van der Waals surface area contributed by atoms with Crippen molar-refractivity contribution in [3.8, 4) is 0 Å². The zero-order valence-electron chi connectivity index (χ0n) is 19.4. The molecule has 0 bridgehead atoms. The minimum Gasteiger partial charge on any atom is -0.444 e. The smallest absolute Gasteiger partial charge is 0.408 e. The third kappa shape index (κ3) is 11.6. The molecule has 9 heteroatoms. The SMILES string of the molecule is CC(C)(C)OC(=O)N[C@@H]1COCC[C@H]1O.C[C@@H]1CCOC[C@H]1NC(=O)OC(C)(C)C. The van der Waals surface area contributed by atoms with Crippen molar-refractivity contribution in [2.75, 3.05) is 26.4 Å². The Morgan fingerprint density at radius 3 is 1.70 bits per heavy atom. The summed E-state index contributed by atoms with van der Waals surface area (Å²) in [6, 6.07) is -0.290. The van der Waals surface area contributed by atoms with Crippen molar-refractivity contribution < 1.29 is 33.6 Å². The van der Waals surface area contributed by atoms with Gasteiger partial charge in [0, 0.05) is 13.2 Å². The third-order valence-corrected chi connectivity index (χ3v) is 4.43. The quantitative estimate of drug-likeness (QED) is 0.614. The number of carbonyl (C=O) groups is 2. The van der Waals surface area contributed by atoms with Gasteiger partial charge in [0.2, 0.25) is 0 Å². The summed E-state index contributed by atoms with van der Waals surface area (Å²) >= 11 is 0. The first kappa shape index (κ1) is 26.5. The fourth-order valence-electron chi connectivity index (χ4n) is 2.81. The van der Waals surface area contributed by atoms with E-state index in [0.717, 1.165) is 13.0 Å². The van der Waals surface area contributed by atoms with Gasteiger partial charge in [-0.1, -0.05) is 6.92 Å². The van der Waals surface area contributed by atoms with Gasteiger partial charge in [-0.3, -0.25) is 0 Å². The molecule has 2 amide bonds. The maximum atomic E-state index is 11.5. The molecule has 0 spiro atoms. The van der Waals surface area contributed by atoms with Gasteiger partial charge in [-0.25, -0.2) is 9.59 Å². The Kier molecular flexibility index (Phi) is 10.3. The van der Waals surface area contributed by atoms with Gasteiger partial charge in [-0.2, -0.15) is 0 Å². The van der Waals surface area contributed by atoms with Gasteiger partial charge < -0.3 is 34.7 Å². The van der Waals surface area contributed by atoms with Crippen molar-refractivity contribution in [2.24, 2.45) is 5.92 Å². The topological polar surface area (TPSA) is 115 Å². The van der Waals surface area contributed by atoms with E-state index in [9.17, 15) is 14.7 Å². The van der Waals surface area contributed by atoms with Gasteiger partial charge in [0.15, 0.2) is 0 Å². The molecule has 0 aromatic heterocycles. The summed E-state index contributed by atoms with van der Waals surface area (Å²) in [5.41, 5.74) is -0.965. The van der Waals surface area contributed by atoms with Crippen LogP contribution in [0.3, 0.4) is 0 Å². The largest absolute Gasteiger partial charge is 0.444 e. The number of hydrogen-bond donors (Lipinski definition) is 3. The molecule has 0 aromatic carbocycles. The molecule has 2 aliphatic rings. The number of amides is 2. The highest BCUT2D eigenvalue weighted by atomic mass is 16.6. The monoisotopic (exact) mass is 432 g/mol. The van der Waals surface area contributed by atoms with Crippen LogP contribution in [-0.2, 0) is 18.9 Å². The first-order valence-electron chi connectivity index (χ1n) is 10.6. The lowest BCUT2D eigenvalue weighted by molar-refractivity contribution is -0.0211. The Morgan fingerprint density at radius 1 is 0.833 bits per heavy atom. The van der Waals surface area contributed by atoms with Crippen molar-refractivity contribution in [1.29, 1.82) is 0 Å². The minimum absolute atomic E-state index is 0.0774. The Labute approximate surface area is 180 Å². The number of carbonyl (C=O) groups excluding carboxylic acids is 2. The summed E-state index contributed by atoms with van der Waals surface area (Å²) in [5.74, 6) is 0.450. The molecule has 0 unspecified atom stereocenters. The second-order valence-electron chi connectivity index (χ2n) is 9.78. The van der Waals surface area contributed by atoms with Crippen molar-refractivity contribution in [2.45, 2.75) is 90.7 Å². The van der Waals surface area contributed by atoms with Gasteiger partial charge in [0.25, 0.3) is 0 Å². The molecular formula is C21H40N2O7. The number of hydrogen-bond acceptors (Lipinski definition) is 7. The van der Waals surface area contributed by atoms with Gasteiger partial charge in [-0.05, 0) is 60.3 Å². The highest BCUT2D eigenvalue weighted by molar-refractivity contribution is 5.68. The van der Waals surface area contributed by atoms with Crippen LogP contribution in [0.5, 0.6) is 0 Å². The van der Waals surface area contributed by atoms with Crippen LogP contribution in [0.25, 0.3) is 0 Å². The summed E-state index contributed by atoms with van der Waals surface area (Å²) in [7, 11) is 0. The van der Waals surface area contributed by atoms with Crippen LogP contribution in [0.2, 0.25) is 0 Å². The minimum atomic E-state index is -0.550. The fraction of sp³-hybridized carbons (Fsp3) is 0.905. The zero-order chi connectivity index (χ0) is 22.9. The molecule has 0 saturated carbocycles. The van der Waals surface area contributed by atoms with Crippen molar-refractivity contribution in [3.63, 3.8) is 0 Å². The van der Waals surface area contributed by atoms with Crippen LogP contribution in [0.15, 0.2) is 0 Å². The number of aliphatic hydroxyl groups excluding tert-OH is 1. The molecular weight excluding hydrogens is 392 g/mol. The zero-order valence-corrected chi connectivity index (χ0v) is 19.4. The van der Waals surface area contributed by atoms with E-state index in [0.29, 0.717) is 32.2 Å². The molecule has 2 fully saturated rings. The van der Waals surface area contributed by atoms with Crippen molar-refractivity contribution in [3.05, 3.63) is 0 Å². The van der Waals surface area contributed by atoms with Crippen molar-refractivity contribution >= 4 is 12.2 Å². The average molecular weight is 433 g/mol. The van der Waals surface area contributed by atoms with Crippen LogP contribution in [-0.4, -0.2) is 73.1 Å². The molecule has 2 aliphatic heterocycles. The maximum Gasteiger partial charge on any atom is 0.408 e. The summed E-state index contributed by atoms with van der Waals surface area (Å²) in [4.78, 5) is 22.9. The molecule has 4 atom stereocenters. The van der Waals surface area contributed by atoms with E-state index in [2.05, 4.69) is 17.6 Å². The highest BCUT2D eigenvalue weighted by Gasteiger charge is 2.27. The molecule has 9 nitrogen and oxygen atoms in total. The lowest BCUT2D eigenvalue weighted by Crippen LogP contribution is -2.50. The Bertz CT molecular complexity index is 494. The molecule has 176 valence electrons. The number of rotatable bonds is 2. The van der Waals surface area contributed by atoms with Gasteiger partial charge in [-0.15, -0.1) is 0 Å². The second kappa shape index (κ2) is 11.7. The molecule has 0 aliphatic carbocycles. The predicted molar refractivity (Wildman–Crippen MR) is 112 cm³/mol. The molecule has 30 heavy (non-hydrogen) atoms. The Balaban J connectivity index is 0.000000300. The van der Waals surface area contributed by atoms with Gasteiger partial charge in [0.05, 0.1) is 31.4 Å². The second-order valence-corrected chi connectivity index (χ2v) is 9.78. The van der Waals surface area contributed by atoms with E-state index < -0.39 is 23.4 Å². The highest BCUT2D eigenvalue weighted by Crippen LogP contribution is 2.15. The van der Waals surface area contributed by atoms with Gasteiger partial charge in [0.1, 0.15) is 11.2 Å². The summed E-state index contributed by atoms with van der Waals surface area (Å²) in [6.45, 7) is 15.3. The maximum absolute atomic E-state index is 11.5. The third-order valence-electron chi connectivity index (χ3n) is 4.43. The van der Waals surface area contributed by atoms with E-state index >= 15 is 0 Å². The molecule has 2 saturated heterocycles. The number of alkyl carbamates (subject to hydrolysis) is 2. The average Bonchev–Trinajstić information content (AvgIpc) is 2.56. The number of ether oxygens (including phenoxy) is 4. The Hall–Kier alpha value is -1.58. The summed E-state index contributed by atoms with van der Waals surface area (Å²) in [6.07, 6.45) is 0.106. The Morgan fingerprint density at radius 2 is 1.27 bits per heavy atom. The van der Waals surface area contributed by atoms with Gasteiger partial charge >= 0.3 is 12.2 Å².